The molecule has 4 nitrogen and oxygen atoms in total. The molecule has 0 aliphatic heterocycles. The number of carbonyl (C=O) groups is 1. The smallest absolute Gasteiger partial charge is 0.339 e. The molecule has 0 amide bonds. The number of carboxylic acid groups (broad SMARTS) is 1. The SMILES string of the molecule is C[C@H](O)Cc1cccc(O)c1C(=O)O. The maximum atomic E-state index is 10.8. The van der Waals surface area contributed by atoms with Gasteiger partial charge in [0.15, 0.2) is 0 Å². The number of benzene rings is 1. The summed E-state index contributed by atoms with van der Waals surface area (Å²) in [5, 5.41) is 27.3. The van der Waals surface area contributed by atoms with Gasteiger partial charge < -0.3 is 15.3 Å². The van der Waals surface area contributed by atoms with Crippen molar-refractivity contribution in [1.82, 2.24) is 0 Å². The van der Waals surface area contributed by atoms with Gasteiger partial charge in [-0.25, -0.2) is 4.79 Å². The Hall–Kier alpha value is -1.55. The van der Waals surface area contributed by atoms with Gasteiger partial charge in [0.1, 0.15) is 11.3 Å². The largest absolute Gasteiger partial charge is 0.507 e. The van der Waals surface area contributed by atoms with Crippen molar-refractivity contribution in [3.8, 4) is 5.75 Å². The molecule has 0 saturated heterocycles. The zero-order valence-corrected chi connectivity index (χ0v) is 7.77. The van der Waals surface area contributed by atoms with Gasteiger partial charge in [0.25, 0.3) is 0 Å². The molecule has 1 aromatic carbocycles. The fraction of sp³-hybridized carbons (Fsp3) is 0.300. The molecule has 0 radical (unpaired) electrons. The lowest BCUT2D eigenvalue weighted by Gasteiger charge is -2.09. The monoisotopic (exact) mass is 196 g/mol. The molecule has 1 rings (SSSR count). The highest BCUT2D eigenvalue weighted by Crippen LogP contribution is 2.22. The lowest BCUT2D eigenvalue weighted by atomic mass is 10.0. The summed E-state index contributed by atoms with van der Waals surface area (Å²) < 4.78 is 0. The quantitative estimate of drug-likeness (QED) is 0.674. The topological polar surface area (TPSA) is 77.8 Å². The predicted molar refractivity (Wildman–Crippen MR) is 50.5 cm³/mol. The summed E-state index contributed by atoms with van der Waals surface area (Å²) >= 11 is 0. The summed E-state index contributed by atoms with van der Waals surface area (Å²) in [4.78, 5) is 10.8. The summed E-state index contributed by atoms with van der Waals surface area (Å²) in [6, 6.07) is 4.45. The molecule has 76 valence electrons. The summed E-state index contributed by atoms with van der Waals surface area (Å²) in [6.07, 6.45) is -0.411. The molecule has 0 unspecified atom stereocenters. The van der Waals surface area contributed by atoms with Crippen LogP contribution < -0.4 is 0 Å². The zero-order valence-electron chi connectivity index (χ0n) is 7.77. The van der Waals surface area contributed by atoms with Crippen LogP contribution in [0.15, 0.2) is 18.2 Å². The first-order valence-corrected chi connectivity index (χ1v) is 4.24. The molecule has 0 heterocycles. The molecule has 0 spiro atoms. The van der Waals surface area contributed by atoms with Gasteiger partial charge in [-0.1, -0.05) is 12.1 Å². The van der Waals surface area contributed by atoms with Crippen molar-refractivity contribution in [2.24, 2.45) is 0 Å². The van der Waals surface area contributed by atoms with E-state index in [1.54, 1.807) is 19.1 Å². The minimum Gasteiger partial charge on any atom is -0.507 e. The first-order valence-electron chi connectivity index (χ1n) is 4.24. The zero-order chi connectivity index (χ0) is 10.7. The molecule has 0 aromatic heterocycles. The second-order valence-electron chi connectivity index (χ2n) is 3.17. The second kappa shape index (κ2) is 4.11. The average Bonchev–Trinajstić information content (AvgIpc) is 2.01. The van der Waals surface area contributed by atoms with Gasteiger partial charge in [0.2, 0.25) is 0 Å². The number of hydrogen-bond donors (Lipinski definition) is 3. The number of rotatable bonds is 3. The number of aliphatic hydroxyl groups excluding tert-OH is 1. The molecule has 4 heteroatoms. The van der Waals surface area contributed by atoms with Crippen molar-refractivity contribution in [2.75, 3.05) is 0 Å². The molecule has 0 saturated carbocycles. The number of aliphatic hydroxyl groups is 1. The van der Waals surface area contributed by atoms with Crippen LogP contribution in [0.5, 0.6) is 5.75 Å². The van der Waals surface area contributed by atoms with E-state index in [0.29, 0.717) is 5.56 Å². The van der Waals surface area contributed by atoms with Crippen LogP contribution >= 0.6 is 0 Å². The first kappa shape index (κ1) is 10.5. The van der Waals surface area contributed by atoms with Crippen LogP contribution in [-0.2, 0) is 6.42 Å². The summed E-state index contributed by atoms with van der Waals surface area (Å²) in [6.45, 7) is 1.57. The third-order valence-electron chi connectivity index (χ3n) is 1.86. The standard InChI is InChI=1S/C10H12O4/c1-6(11)5-7-3-2-4-8(12)9(7)10(13)14/h2-4,6,11-12H,5H2,1H3,(H,13,14)/t6-/m0/s1. The Kier molecular flexibility index (Phi) is 3.09. The van der Waals surface area contributed by atoms with Gasteiger partial charge in [-0.05, 0) is 25.0 Å². The lowest BCUT2D eigenvalue weighted by molar-refractivity contribution is 0.0692. The number of phenols is 1. The van der Waals surface area contributed by atoms with Crippen LogP contribution in [0.4, 0.5) is 0 Å². The van der Waals surface area contributed by atoms with Crippen LogP contribution in [-0.4, -0.2) is 27.4 Å². The van der Waals surface area contributed by atoms with Crippen molar-refractivity contribution in [3.63, 3.8) is 0 Å². The van der Waals surface area contributed by atoms with Gasteiger partial charge in [-0.2, -0.15) is 0 Å². The molecule has 1 aromatic rings. The number of aromatic hydroxyl groups is 1. The Labute approximate surface area is 81.4 Å². The molecular weight excluding hydrogens is 184 g/mol. The van der Waals surface area contributed by atoms with E-state index in [4.69, 9.17) is 10.2 Å². The molecule has 1 atom stereocenters. The highest BCUT2D eigenvalue weighted by Gasteiger charge is 2.15. The minimum atomic E-state index is -1.18. The van der Waals surface area contributed by atoms with Crippen LogP contribution in [0, 0.1) is 0 Å². The van der Waals surface area contributed by atoms with Crippen molar-refractivity contribution < 1.29 is 20.1 Å². The van der Waals surface area contributed by atoms with E-state index in [1.165, 1.54) is 6.07 Å². The Morgan fingerprint density at radius 1 is 1.50 bits per heavy atom. The van der Waals surface area contributed by atoms with E-state index in [1.807, 2.05) is 0 Å². The van der Waals surface area contributed by atoms with Crippen LogP contribution in [0.2, 0.25) is 0 Å². The predicted octanol–water partition coefficient (Wildman–Crippen LogP) is 1.01. The van der Waals surface area contributed by atoms with Gasteiger partial charge in [-0.15, -0.1) is 0 Å². The van der Waals surface area contributed by atoms with E-state index in [-0.39, 0.29) is 17.7 Å². The van der Waals surface area contributed by atoms with Crippen molar-refractivity contribution >= 4 is 5.97 Å². The molecule has 14 heavy (non-hydrogen) atoms. The normalized spacial score (nSPS) is 12.4. The van der Waals surface area contributed by atoms with Crippen LogP contribution in [0.1, 0.15) is 22.8 Å². The van der Waals surface area contributed by atoms with Gasteiger partial charge in [-0.3, -0.25) is 0 Å². The molecule has 0 bridgehead atoms. The van der Waals surface area contributed by atoms with E-state index >= 15 is 0 Å². The highest BCUT2D eigenvalue weighted by atomic mass is 16.4. The fourth-order valence-electron chi connectivity index (χ4n) is 1.32. The summed E-state index contributed by atoms with van der Waals surface area (Å²) in [5.74, 6) is -1.45. The Bertz CT molecular complexity index is 344. The Morgan fingerprint density at radius 3 is 2.64 bits per heavy atom. The Balaban J connectivity index is 3.14. The molecule has 0 aliphatic carbocycles. The summed E-state index contributed by atoms with van der Waals surface area (Å²) in [5.41, 5.74) is 0.306. The van der Waals surface area contributed by atoms with Crippen LogP contribution in [0.25, 0.3) is 0 Å². The van der Waals surface area contributed by atoms with Crippen molar-refractivity contribution in [2.45, 2.75) is 19.4 Å². The third kappa shape index (κ3) is 2.23. The molecule has 0 fully saturated rings. The highest BCUT2D eigenvalue weighted by molar-refractivity contribution is 5.92. The average molecular weight is 196 g/mol. The maximum absolute atomic E-state index is 10.8. The van der Waals surface area contributed by atoms with E-state index < -0.39 is 12.1 Å². The summed E-state index contributed by atoms with van der Waals surface area (Å²) in [7, 11) is 0. The minimum absolute atomic E-state index is 0.131. The number of aromatic carboxylic acids is 1. The van der Waals surface area contributed by atoms with Gasteiger partial charge in [0.05, 0.1) is 6.10 Å². The molecule has 0 aliphatic rings. The first-order chi connectivity index (χ1) is 6.52. The molecular formula is C10H12O4. The van der Waals surface area contributed by atoms with Crippen LogP contribution in [0.3, 0.4) is 0 Å². The number of carboxylic acids is 1. The van der Waals surface area contributed by atoms with Gasteiger partial charge >= 0.3 is 5.97 Å². The van der Waals surface area contributed by atoms with Crippen molar-refractivity contribution in [3.05, 3.63) is 29.3 Å². The van der Waals surface area contributed by atoms with E-state index in [2.05, 4.69) is 0 Å². The van der Waals surface area contributed by atoms with E-state index in [0.717, 1.165) is 0 Å². The second-order valence-corrected chi connectivity index (χ2v) is 3.17. The number of hydrogen-bond acceptors (Lipinski definition) is 3. The molecule has 3 N–H and O–H groups in total. The Morgan fingerprint density at radius 2 is 2.14 bits per heavy atom. The van der Waals surface area contributed by atoms with Gasteiger partial charge in [0, 0.05) is 0 Å². The lowest BCUT2D eigenvalue weighted by Crippen LogP contribution is -2.09. The third-order valence-corrected chi connectivity index (χ3v) is 1.86. The van der Waals surface area contributed by atoms with Crippen molar-refractivity contribution in [1.29, 1.82) is 0 Å². The van der Waals surface area contributed by atoms with E-state index in [9.17, 15) is 9.90 Å². The maximum Gasteiger partial charge on any atom is 0.339 e. The fourth-order valence-corrected chi connectivity index (χ4v) is 1.32.